The van der Waals surface area contributed by atoms with E-state index in [2.05, 4.69) is 12.2 Å². The summed E-state index contributed by atoms with van der Waals surface area (Å²) >= 11 is 1.67. The van der Waals surface area contributed by atoms with E-state index in [1.54, 1.807) is 23.7 Å². The lowest BCUT2D eigenvalue weighted by Crippen LogP contribution is -2.53. The molecule has 0 aromatic carbocycles. The smallest absolute Gasteiger partial charge is 0.244 e. The number of carbonyl (C=O) groups is 2. The maximum atomic E-state index is 12.4. The summed E-state index contributed by atoms with van der Waals surface area (Å²) < 4.78 is 5.20. The third kappa shape index (κ3) is 5.03. The number of rotatable bonds is 7. The summed E-state index contributed by atoms with van der Waals surface area (Å²) in [4.78, 5) is 25.3. The highest BCUT2D eigenvalue weighted by atomic mass is 32.2. The second kappa shape index (κ2) is 7.14. The maximum absolute atomic E-state index is 12.4. The monoisotopic (exact) mass is 288 g/mol. The Morgan fingerprint density at radius 3 is 2.53 bits per heavy atom. The van der Waals surface area contributed by atoms with E-state index in [1.165, 1.54) is 6.92 Å². The molecule has 0 aromatic rings. The van der Waals surface area contributed by atoms with Crippen LogP contribution in [-0.4, -0.2) is 61.6 Å². The zero-order chi connectivity index (χ0) is 14.5. The Balaban J connectivity index is 2.55. The highest BCUT2D eigenvalue weighted by Gasteiger charge is 2.36. The van der Waals surface area contributed by atoms with Gasteiger partial charge in [-0.15, -0.1) is 0 Å². The van der Waals surface area contributed by atoms with Crippen molar-refractivity contribution >= 4 is 23.6 Å². The normalized spacial score (nSPS) is 18.3. The summed E-state index contributed by atoms with van der Waals surface area (Å²) in [6, 6.07) is -0.417. The van der Waals surface area contributed by atoms with Crippen LogP contribution in [0, 0.1) is 5.41 Å². The van der Waals surface area contributed by atoms with Gasteiger partial charge in [0, 0.05) is 25.9 Å². The van der Waals surface area contributed by atoms with E-state index in [1.807, 2.05) is 6.26 Å². The van der Waals surface area contributed by atoms with Gasteiger partial charge in [-0.25, -0.2) is 0 Å². The summed E-state index contributed by atoms with van der Waals surface area (Å²) in [6.07, 6.45) is 2.66. The van der Waals surface area contributed by atoms with Crippen molar-refractivity contribution < 1.29 is 14.3 Å². The van der Waals surface area contributed by atoms with Gasteiger partial charge in [0.15, 0.2) is 0 Å². The van der Waals surface area contributed by atoms with Gasteiger partial charge >= 0.3 is 0 Å². The highest BCUT2D eigenvalue weighted by molar-refractivity contribution is 7.98. The van der Waals surface area contributed by atoms with E-state index in [0.717, 1.165) is 5.75 Å². The fourth-order valence-corrected chi connectivity index (χ4v) is 2.67. The van der Waals surface area contributed by atoms with Crippen LogP contribution < -0.4 is 5.32 Å². The van der Waals surface area contributed by atoms with Gasteiger partial charge < -0.3 is 15.0 Å². The van der Waals surface area contributed by atoms with Crippen molar-refractivity contribution in [1.29, 1.82) is 0 Å². The molecule has 0 spiro atoms. The number of ether oxygens (including phenoxy) is 1. The Bertz CT molecular complexity index is 332. The summed E-state index contributed by atoms with van der Waals surface area (Å²) in [5, 5.41) is 2.74. The quantitative estimate of drug-likeness (QED) is 0.750. The Hall–Kier alpha value is -0.750. The number of carbonyl (C=O) groups excluding carboxylic acids is 2. The van der Waals surface area contributed by atoms with Crippen LogP contribution in [0.4, 0.5) is 0 Å². The first-order valence-electron chi connectivity index (χ1n) is 6.47. The van der Waals surface area contributed by atoms with Crippen LogP contribution in [0.3, 0.4) is 0 Å². The molecule has 0 bridgehead atoms. The van der Waals surface area contributed by atoms with Gasteiger partial charge in [-0.1, -0.05) is 6.92 Å². The van der Waals surface area contributed by atoms with Gasteiger partial charge in [0.25, 0.3) is 0 Å². The van der Waals surface area contributed by atoms with E-state index < -0.39 is 6.04 Å². The van der Waals surface area contributed by atoms with E-state index in [0.29, 0.717) is 26.2 Å². The SMILES string of the molecule is CSCC[C@H](NC(C)=O)C(=O)N(C)CC1(C)COC1. The maximum Gasteiger partial charge on any atom is 0.244 e. The summed E-state index contributed by atoms with van der Waals surface area (Å²) in [6.45, 7) is 5.61. The number of hydrogen-bond donors (Lipinski definition) is 1. The van der Waals surface area contributed by atoms with Gasteiger partial charge in [0.05, 0.1) is 13.2 Å². The molecule has 1 saturated heterocycles. The molecule has 0 saturated carbocycles. The van der Waals surface area contributed by atoms with E-state index >= 15 is 0 Å². The average molecular weight is 288 g/mol. The van der Waals surface area contributed by atoms with Crippen molar-refractivity contribution in [3.8, 4) is 0 Å². The highest BCUT2D eigenvalue weighted by Crippen LogP contribution is 2.27. The van der Waals surface area contributed by atoms with Crippen molar-refractivity contribution in [3.63, 3.8) is 0 Å². The first-order valence-corrected chi connectivity index (χ1v) is 7.86. The molecule has 0 radical (unpaired) electrons. The van der Waals surface area contributed by atoms with Gasteiger partial charge in [0.1, 0.15) is 6.04 Å². The van der Waals surface area contributed by atoms with Crippen LogP contribution in [0.2, 0.25) is 0 Å². The number of amides is 2. The molecule has 0 unspecified atom stereocenters. The third-order valence-corrected chi connectivity index (χ3v) is 3.83. The van der Waals surface area contributed by atoms with Gasteiger partial charge in [-0.05, 0) is 18.4 Å². The fraction of sp³-hybridized carbons (Fsp3) is 0.846. The van der Waals surface area contributed by atoms with Crippen LogP contribution in [0.1, 0.15) is 20.3 Å². The number of likely N-dealkylation sites (N-methyl/N-ethyl adjacent to an activating group) is 1. The summed E-state index contributed by atoms with van der Waals surface area (Å²) in [5.41, 5.74) is 0.0602. The van der Waals surface area contributed by atoms with Crippen molar-refractivity contribution in [3.05, 3.63) is 0 Å². The van der Waals surface area contributed by atoms with Crippen molar-refractivity contribution in [2.24, 2.45) is 5.41 Å². The molecule has 5 nitrogen and oxygen atoms in total. The minimum absolute atomic E-state index is 0.0163. The molecule has 110 valence electrons. The fourth-order valence-electron chi connectivity index (χ4n) is 2.20. The Kier molecular flexibility index (Phi) is 6.13. The van der Waals surface area contributed by atoms with Crippen LogP contribution in [0.25, 0.3) is 0 Å². The molecule has 0 aliphatic carbocycles. The van der Waals surface area contributed by atoms with E-state index in [-0.39, 0.29) is 17.2 Å². The van der Waals surface area contributed by atoms with E-state index in [9.17, 15) is 9.59 Å². The van der Waals surface area contributed by atoms with E-state index in [4.69, 9.17) is 4.74 Å². The molecular formula is C13H24N2O3S. The second-order valence-corrected chi connectivity index (χ2v) is 6.52. The predicted octanol–water partition coefficient (Wildman–Crippen LogP) is 0.739. The Morgan fingerprint density at radius 2 is 2.11 bits per heavy atom. The van der Waals surface area contributed by atoms with Gasteiger partial charge in [-0.2, -0.15) is 11.8 Å². The topological polar surface area (TPSA) is 58.6 Å². The molecule has 1 fully saturated rings. The Labute approximate surface area is 119 Å². The molecule has 1 atom stereocenters. The molecule has 6 heteroatoms. The largest absolute Gasteiger partial charge is 0.380 e. The molecule has 2 amide bonds. The first-order chi connectivity index (χ1) is 8.88. The lowest BCUT2D eigenvalue weighted by molar-refractivity contribution is -0.145. The Morgan fingerprint density at radius 1 is 1.47 bits per heavy atom. The summed E-state index contributed by atoms with van der Waals surface area (Å²) in [7, 11) is 1.79. The van der Waals surface area contributed by atoms with Crippen molar-refractivity contribution in [2.75, 3.05) is 38.8 Å². The lowest BCUT2D eigenvalue weighted by atomic mass is 9.88. The first kappa shape index (κ1) is 16.3. The number of nitrogens with one attached hydrogen (secondary N) is 1. The summed E-state index contributed by atoms with van der Waals surface area (Å²) in [5.74, 6) is 0.675. The molecular weight excluding hydrogens is 264 g/mol. The van der Waals surface area contributed by atoms with Crippen LogP contribution in [0.15, 0.2) is 0 Å². The molecule has 19 heavy (non-hydrogen) atoms. The van der Waals surface area contributed by atoms with Gasteiger partial charge in [-0.3, -0.25) is 9.59 Å². The third-order valence-electron chi connectivity index (χ3n) is 3.18. The average Bonchev–Trinajstić information content (AvgIpc) is 2.31. The number of nitrogens with zero attached hydrogens (tertiary/aromatic N) is 1. The zero-order valence-corrected chi connectivity index (χ0v) is 13.0. The number of thioether (sulfide) groups is 1. The number of hydrogen-bond acceptors (Lipinski definition) is 4. The van der Waals surface area contributed by atoms with Gasteiger partial charge in [0.2, 0.25) is 11.8 Å². The molecule has 1 heterocycles. The molecule has 1 N–H and O–H groups in total. The molecule has 1 rings (SSSR count). The lowest BCUT2D eigenvalue weighted by Gasteiger charge is -2.41. The molecule has 1 aliphatic heterocycles. The molecule has 1 aliphatic rings. The predicted molar refractivity (Wildman–Crippen MR) is 77.2 cm³/mol. The zero-order valence-electron chi connectivity index (χ0n) is 12.2. The molecule has 0 aromatic heterocycles. The van der Waals surface area contributed by atoms with Crippen molar-refractivity contribution in [2.45, 2.75) is 26.3 Å². The standard InChI is InChI=1S/C13H24N2O3S/c1-10(16)14-11(5-6-19-4)12(17)15(3)7-13(2)8-18-9-13/h11H,5-9H2,1-4H3,(H,14,16)/t11-/m0/s1. The second-order valence-electron chi connectivity index (χ2n) is 5.53. The van der Waals surface area contributed by atoms with Crippen LogP contribution in [0.5, 0.6) is 0 Å². The minimum Gasteiger partial charge on any atom is -0.380 e. The minimum atomic E-state index is -0.417. The van der Waals surface area contributed by atoms with Crippen LogP contribution in [-0.2, 0) is 14.3 Å². The van der Waals surface area contributed by atoms with Crippen LogP contribution >= 0.6 is 11.8 Å². The van der Waals surface area contributed by atoms with Crippen molar-refractivity contribution in [1.82, 2.24) is 10.2 Å².